The van der Waals surface area contributed by atoms with Gasteiger partial charge >= 0.3 is 0 Å². The molecule has 0 amide bonds. The van der Waals surface area contributed by atoms with Crippen molar-refractivity contribution in [3.8, 4) is 0 Å². The van der Waals surface area contributed by atoms with Crippen LogP contribution in [0, 0.1) is 13.8 Å². The Morgan fingerprint density at radius 2 is 2.15 bits per heavy atom. The molecule has 0 radical (unpaired) electrons. The minimum absolute atomic E-state index is 0.237. The van der Waals surface area contributed by atoms with Crippen LogP contribution in [0.15, 0.2) is 40.7 Å². The van der Waals surface area contributed by atoms with Crippen molar-refractivity contribution in [2.24, 2.45) is 10.7 Å². The normalized spacial score (nSPS) is 20.1. The number of hydrogen-bond acceptors (Lipinski definition) is 4. The van der Waals surface area contributed by atoms with Crippen LogP contribution in [0.4, 0.5) is 5.69 Å². The Morgan fingerprint density at radius 1 is 1.38 bits per heavy atom. The molecule has 0 aliphatic carbocycles. The third kappa shape index (κ3) is 5.06. The molecule has 0 spiro atoms. The molecule has 2 unspecified atom stereocenters. The predicted octanol–water partition coefficient (Wildman–Crippen LogP) is 3.55. The number of anilines is 1. The average molecular weight is 373 g/mol. The molecule has 3 N–H and O–H groups in total. The molecule has 2 heterocycles. The van der Waals surface area contributed by atoms with Crippen molar-refractivity contribution in [1.82, 2.24) is 4.90 Å². The summed E-state index contributed by atoms with van der Waals surface area (Å²) in [5.74, 6) is 0.456. The van der Waals surface area contributed by atoms with E-state index in [1.54, 1.807) is 11.3 Å². The number of thiophene rings is 1. The zero-order chi connectivity index (χ0) is 18.5. The highest BCUT2D eigenvalue weighted by Gasteiger charge is 2.26. The SMILES string of the molecule is Cc1cc(C)cc(NC(N)=NCC(c2cccs2)N2CCOC(C)C2)c1. The Hall–Kier alpha value is -1.89. The van der Waals surface area contributed by atoms with Crippen molar-refractivity contribution < 1.29 is 4.74 Å². The van der Waals surface area contributed by atoms with Crippen molar-refractivity contribution in [3.05, 3.63) is 51.7 Å². The Morgan fingerprint density at radius 3 is 2.81 bits per heavy atom. The van der Waals surface area contributed by atoms with Crippen molar-refractivity contribution >= 4 is 23.0 Å². The Bertz CT molecular complexity index is 724. The van der Waals surface area contributed by atoms with Crippen LogP contribution < -0.4 is 11.1 Å². The molecule has 1 fully saturated rings. The first-order chi connectivity index (χ1) is 12.5. The number of nitrogens with two attached hydrogens (primary N) is 1. The molecule has 2 aromatic rings. The van der Waals surface area contributed by atoms with Gasteiger partial charge < -0.3 is 15.8 Å². The van der Waals surface area contributed by atoms with E-state index in [1.807, 2.05) is 0 Å². The van der Waals surface area contributed by atoms with E-state index in [1.165, 1.54) is 16.0 Å². The summed E-state index contributed by atoms with van der Waals surface area (Å²) >= 11 is 1.77. The Kier molecular flexibility index (Phi) is 6.29. The molecule has 1 aliphatic heterocycles. The lowest BCUT2D eigenvalue weighted by molar-refractivity contribution is -0.0327. The van der Waals surface area contributed by atoms with Gasteiger partial charge in [0.25, 0.3) is 0 Å². The maximum atomic E-state index is 6.16. The van der Waals surface area contributed by atoms with Crippen LogP contribution in [0.5, 0.6) is 0 Å². The van der Waals surface area contributed by atoms with E-state index < -0.39 is 0 Å². The summed E-state index contributed by atoms with van der Waals surface area (Å²) in [5.41, 5.74) is 9.56. The number of nitrogens with one attached hydrogen (secondary N) is 1. The second-order valence-corrected chi connectivity index (χ2v) is 7.91. The minimum Gasteiger partial charge on any atom is -0.376 e. The summed E-state index contributed by atoms with van der Waals surface area (Å²) in [6.45, 7) is 9.53. The third-order valence-electron chi connectivity index (χ3n) is 4.51. The highest BCUT2D eigenvalue weighted by molar-refractivity contribution is 7.10. The number of aliphatic imine (C=N–C) groups is 1. The van der Waals surface area contributed by atoms with Crippen molar-refractivity contribution in [1.29, 1.82) is 0 Å². The van der Waals surface area contributed by atoms with Crippen LogP contribution in [0.25, 0.3) is 0 Å². The first kappa shape index (κ1) is 18.9. The molecule has 2 atom stereocenters. The molecule has 3 rings (SSSR count). The van der Waals surface area contributed by atoms with E-state index in [-0.39, 0.29) is 12.1 Å². The van der Waals surface area contributed by atoms with Gasteiger partial charge in [0.1, 0.15) is 0 Å². The summed E-state index contributed by atoms with van der Waals surface area (Å²) in [6, 6.07) is 10.8. The molecule has 0 saturated carbocycles. The lowest BCUT2D eigenvalue weighted by Gasteiger charge is -2.36. The van der Waals surface area contributed by atoms with Gasteiger partial charge in [-0.3, -0.25) is 9.89 Å². The first-order valence-corrected chi connectivity index (χ1v) is 9.93. The van der Waals surface area contributed by atoms with Gasteiger partial charge in [-0.05, 0) is 55.5 Å². The molecular weight excluding hydrogens is 344 g/mol. The van der Waals surface area contributed by atoms with Gasteiger partial charge in [-0.25, -0.2) is 0 Å². The lowest BCUT2D eigenvalue weighted by atomic mass is 10.1. The number of benzene rings is 1. The van der Waals surface area contributed by atoms with E-state index in [4.69, 9.17) is 10.5 Å². The fraction of sp³-hybridized carbons (Fsp3) is 0.450. The number of hydrogen-bond donors (Lipinski definition) is 2. The monoisotopic (exact) mass is 372 g/mol. The zero-order valence-corrected chi connectivity index (χ0v) is 16.6. The van der Waals surface area contributed by atoms with E-state index in [2.05, 4.69) is 71.7 Å². The van der Waals surface area contributed by atoms with Gasteiger partial charge in [0.15, 0.2) is 5.96 Å². The van der Waals surface area contributed by atoms with E-state index in [0.717, 1.165) is 25.4 Å². The Labute approximate surface area is 159 Å². The molecular formula is C20H28N4OS. The van der Waals surface area contributed by atoms with Crippen LogP contribution in [-0.2, 0) is 4.74 Å². The second-order valence-electron chi connectivity index (χ2n) is 6.93. The highest BCUT2D eigenvalue weighted by Crippen LogP contribution is 2.27. The van der Waals surface area contributed by atoms with Gasteiger partial charge in [-0.1, -0.05) is 12.1 Å². The van der Waals surface area contributed by atoms with Crippen LogP contribution in [-0.4, -0.2) is 43.2 Å². The maximum Gasteiger partial charge on any atom is 0.193 e. The fourth-order valence-corrected chi connectivity index (χ4v) is 4.27. The van der Waals surface area contributed by atoms with Gasteiger partial charge in [0.05, 0.1) is 25.3 Å². The minimum atomic E-state index is 0.237. The first-order valence-electron chi connectivity index (χ1n) is 9.05. The largest absolute Gasteiger partial charge is 0.376 e. The maximum absolute atomic E-state index is 6.16. The van der Waals surface area contributed by atoms with Gasteiger partial charge in [-0.15, -0.1) is 11.3 Å². The second kappa shape index (κ2) is 8.66. The van der Waals surface area contributed by atoms with Gasteiger partial charge in [0.2, 0.25) is 0 Å². The predicted molar refractivity (Wildman–Crippen MR) is 110 cm³/mol. The number of aryl methyl sites for hydroxylation is 2. The van der Waals surface area contributed by atoms with Crippen LogP contribution in [0.2, 0.25) is 0 Å². The standard InChI is InChI=1S/C20H28N4OS/c1-14-9-15(2)11-17(10-14)23-20(21)22-12-18(19-5-4-8-26-19)24-6-7-25-16(3)13-24/h4-5,8-11,16,18H,6-7,12-13H2,1-3H3,(H3,21,22,23). The fourth-order valence-electron chi connectivity index (χ4n) is 3.41. The summed E-state index contributed by atoms with van der Waals surface area (Å²) < 4.78 is 5.69. The molecule has 6 heteroatoms. The average Bonchev–Trinajstić information content (AvgIpc) is 3.08. The van der Waals surface area contributed by atoms with Crippen LogP contribution in [0.1, 0.15) is 29.0 Å². The van der Waals surface area contributed by atoms with Crippen molar-refractivity contribution in [2.75, 3.05) is 31.6 Å². The molecule has 1 saturated heterocycles. The lowest BCUT2D eigenvalue weighted by Crippen LogP contribution is -2.44. The number of rotatable bonds is 5. The zero-order valence-electron chi connectivity index (χ0n) is 15.7. The van der Waals surface area contributed by atoms with E-state index in [9.17, 15) is 0 Å². The van der Waals surface area contributed by atoms with Crippen molar-refractivity contribution in [3.63, 3.8) is 0 Å². The smallest absolute Gasteiger partial charge is 0.193 e. The number of guanidine groups is 1. The summed E-state index contributed by atoms with van der Waals surface area (Å²) in [6.07, 6.45) is 0.251. The number of nitrogens with zero attached hydrogens (tertiary/aromatic N) is 2. The molecule has 5 nitrogen and oxygen atoms in total. The van der Waals surface area contributed by atoms with Gasteiger partial charge in [-0.2, -0.15) is 0 Å². The van der Waals surface area contributed by atoms with Crippen LogP contribution in [0.3, 0.4) is 0 Å². The van der Waals surface area contributed by atoms with Crippen molar-refractivity contribution in [2.45, 2.75) is 32.9 Å². The topological polar surface area (TPSA) is 62.9 Å². The number of ether oxygens (including phenoxy) is 1. The molecule has 26 heavy (non-hydrogen) atoms. The molecule has 1 aliphatic rings. The van der Waals surface area contributed by atoms with E-state index >= 15 is 0 Å². The van der Waals surface area contributed by atoms with Gasteiger partial charge in [0, 0.05) is 23.7 Å². The summed E-state index contributed by atoms with van der Waals surface area (Å²) in [4.78, 5) is 8.42. The van der Waals surface area contributed by atoms with Crippen LogP contribution >= 0.6 is 11.3 Å². The molecule has 0 bridgehead atoms. The number of morpholine rings is 1. The Balaban J connectivity index is 1.70. The molecule has 1 aromatic heterocycles. The van der Waals surface area contributed by atoms with E-state index in [0.29, 0.717) is 12.5 Å². The molecule has 140 valence electrons. The summed E-state index contributed by atoms with van der Waals surface area (Å²) in [7, 11) is 0. The highest BCUT2D eigenvalue weighted by atomic mass is 32.1. The molecule has 1 aromatic carbocycles. The third-order valence-corrected chi connectivity index (χ3v) is 5.49. The summed E-state index contributed by atoms with van der Waals surface area (Å²) in [5, 5.41) is 5.34. The quantitative estimate of drug-likeness (QED) is 0.622.